The largest absolute Gasteiger partial charge is 0.484 e. The van der Waals surface area contributed by atoms with Gasteiger partial charge in [0.1, 0.15) is 17.4 Å². The van der Waals surface area contributed by atoms with Crippen LogP contribution in [0.25, 0.3) is 11.0 Å². The number of amides is 1. The Balaban J connectivity index is 1.46. The molecule has 1 unspecified atom stereocenters. The molecule has 3 aromatic rings. The first-order chi connectivity index (χ1) is 13.8. The Morgan fingerprint density at radius 3 is 2.90 bits per heavy atom. The molecule has 5 nitrogen and oxygen atoms in total. The summed E-state index contributed by atoms with van der Waals surface area (Å²) in [5, 5.41) is 0. The number of nitrogens with one attached hydrogen (secondary N) is 1. The maximum Gasteiger partial charge on any atom is 0.261 e. The van der Waals surface area contributed by atoms with Gasteiger partial charge in [-0.25, -0.2) is 9.37 Å². The summed E-state index contributed by atoms with van der Waals surface area (Å²) in [6.45, 7) is 7.08. The molecule has 1 fully saturated rings. The molecule has 1 amide bonds. The molecule has 152 valence electrons. The van der Waals surface area contributed by atoms with E-state index >= 15 is 0 Å². The van der Waals surface area contributed by atoms with Crippen LogP contribution >= 0.6 is 0 Å². The number of likely N-dealkylation sites (tertiary alicyclic amines) is 1. The first kappa shape index (κ1) is 19.4. The van der Waals surface area contributed by atoms with Crippen molar-refractivity contribution in [3.8, 4) is 5.75 Å². The molecule has 2 heterocycles. The summed E-state index contributed by atoms with van der Waals surface area (Å²) in [4.78, 5) is 22.4. The molecule has 29 heavy (non-hydrogen) atoms. The predicted octanol–water partition coefficient (Wildman–Crippen LogP) is 4.74. The number of halogens is 1. The minimum Gasteiger partial charge on any atom is -0.484 e. The lowest BCUT2D eigenvalue weighted by molar-refractivity contribution is -0.134. The summed E-state index contributed by atoms with van der Waals surface area (Å²) in [7, 11) is 0. The molecule has 0 spiro atoms. The normalized spacial score (nSPS) is 17.1. The number of nitrogens with zero attached hydrogens (tertiary/aromatic N) is 2. The zero-order chi connectivity index (χ0) is 20.6. The molecule has 2 aromatic carbocycles. The summed E-state index contributed by atoms with van der Waals surface area (Å²) in [6.07, 6.45) is 1.73. The third-order valence-corrected chi connectivity index (χ3v) is 5.41. The molecule has 0 aliphatic carbocycles. The zero-order valence-corrected chi connectivity index (χ0v) is 17.0. The van der Waals surface area contributed by atoms with Crippen molar-refractivity contribution in [2.75, 3.05) is 13.2 Å². The van der Waals surface area contributed by atoms with Gasteiger partial charge in [0.15, 0.2) is 6.61 Å². The first-order valence-corrected chi connectivity index (χ1v) is 9.99. The van der Waals surface area contributed by atoms with E-state index in [4.69, 9.17) is 4.74 Å². The van der Waals surface area contributed by atoms with Gasteiger partial charge in [0.05, 0.1) is 17.1 Å². The second-order valence-corrected chi connectivity index (χ2v) is 8.60. The fourth-order valence-electron chi connectivity index (χ4n) is 3.79. The van der Waals surface area contributed by atoms with Crippen molar-refractivity contribution in [1.82, 2.24) is 14.9 Å². The lowest BCUT2D eigenvalue weighted by Crippen LogP contribution is -2.34. The number of imidazole rings is 1. The molecule has 0 saturated carbocycles. The van der Waals surface area contributed by atoms with E-state index in [2.05, 4.69) is 36.8 Å². The summed E-state index contributed by atoms with van der Waals surface area (Å²) in [5.74, 6) is 1.02. The molecule has 1 saturated heterocycles. The van der Waals surface area contributed by atoms with E-state index in [0.29, 0.717) is 29.2 Å². The Labute approximate surface area is 169 Å². The zero-order valence-electron chi connectivity index (χ0n) is 17.0. The number of aromatic nitrogens is 2. The lowest BCUT2D eigenvalue weighted by atomic mass is 9.87. The van der Waals surface area contributed by atoms with Crippen molar-refractivity contribution in [2.45, 2.75) is 45.1 Å². The van der Waals surface area contributed by atoms with E-state index in [1.54, 1.807) is 6.07 Å². The third kappa shape index (κ3) is 4.11. The Bertz CT molecular complexity index is 1040. The van der Waals surface area contributed by atoms with Crippen LogP contribution in [0.15, 0.2) is 42.5 Å². The fourth-order valence-corrected chi connectivity index (χ4v) is 3.79. The molecule has 1 atom stereocenters. The van der Waals surface area contributed by atoms with E-state index in [1.165, 1.54) is 12.1 Å². The summed E-state index contributed by atoms with van der Waals surface area (Å²) < 4.78 is 19.3. The standard InChI is InChI=1S/C23H26FN3O2/c1-23(2,3)15-6-4-7-17(12-15)29-14-21(28)27-11-5-8-20(27)22-25-18-10-9-16(24)13-19(18)26-22/h4,6-7,9-10,12-13,20H,5,8,11,14H2,1-3H3,(H,25,26). The van der Waals surface area contributed by atoms with Crippen molar-refractivity contribution < 1.29 is 13.9 Å². The average molecular weight is 395 g/mol. The van der Waals surface area contributed by atoms with E-state index in [9.17, 15) is 9.18 Å². The van der Waals surface area contributed by atoms with Crippen molar-refractivity contribution in [1.29, 1.82) is 0 Å². The Kier molecular flexibility index (Phi) is 5.03. The fraction of sp³-hybridized carbons (Fsp3) is 0.391. The highest BCUT2D eigenvalue weighted by Gasteiger charge is 2.32. The average Bonchev–Trinajstić information content (AvgIpc) is 3.32. The molecular weight excluding hydrogens is 369 g/mol. The molecule has 6 heteroatoms. The highest BCUT2D eigenvalue weighted by molar-refractivity contribution is 5.79. The SMILES string of the molecule is CC(C)(C)c1cccc(OCC(=O)N2CCCC2c2nc3ccc(F)cc3[nH]2)c1. The second kappa shape index (κ2) is 7.50. The number of ether oxygens (including phenoxy) is 1. The predicted molar refractivity (Wildman–Crippen MR) is 110 cm³/mol. The molecule has 4 rings (SSSR count). The minimum absolute atomic E-state index is 0.0149. The number of carbonyl (C=O) groups excluding carboxylic acids is 1. The van der Waals surface area contributed by atoms with Crippen LogP contribution in [0, 0.1) is 5.82 Å². The van der Waals surface area contributed by atoms with Crippen molar-refractivity contribution >= 4 is 16.9 Å². The van der Waals surface area contributed by atoms with Crippen molar-refractivity contribution in [3.63, 3.8) is 0 Å². The quantitative estimate of drug-likeness (QED) is 0.694. The molecule has 1 aromatic heterocycles. The smallest absolute Gasteiger partial charge is 0.261 e. The summed E-state index contributed by atoms with van der Waals surface area (Å²) >= 11 is 0. The highest BCUT2D eigenvalue weighted by atomic mass is 19.1. The van der Waals surface area contributed by atoms with Crippen LogP contribution in [-0.4, -0.2) is 33.9 Å². The van der Waals surface area contributed by atoms with Gasteiger partial charge < -0.3 is 14.6 Å². The van der Waals surface area contributed by atoms with Gasteiger partial charge in [0.25, 0.3) is 5.91 Å². The number of fused-ring (bicyclic) bond motifs is 1. The number of hydrogen-bond donors (Lipinski definition) is 1. The van der Waals surface area contributed by atoms with Crippen LogP contribution in [0.2, 0.25) is 0 Å². The van der Waals surface area contributed by atoms with Crippen molar-refractivity contribution in [2.24, 2.45) is 0 Å². The van der Waals surface area contributed by atoms with Gasteiger partial charge in [-0.05, 0) is 54.2 Å². The number of H-pyrrole nitrogens is 1. The van der Waals surface area contributed by atoms with E-state index in [-0.39, 0.29) is 29.8 Å². The third-order valence-electron chi connectivity index (χ3n) is 5.41. The van der Waals surface area contributed by atoms with Crippen LogP contribution in [0.1, 0.15) is 51.0 Å². The van der Waals surface area contributed by atoms with Crippen LogP contribution in [0.4, 0.5) is 4.39 Å². The first-order valence-electron chi connectivity index (χ1n) is 9.99. The summed E-state index contributed by atoms with van der Waals surface area (Å²) in [6, 6.07) is 12.2. The van der Waals surface area contributed by atoms with Gasteiger partial charge in [0.2, 0.25) is 0 Å². The van der Waals surface area contributed by atoms with Gasteiger partial charge in [-0.2, -0.15) is 0 Å². The minimum atomic E-state index is -0.307. The molecular formula is C23H26FN3O2. The number of rotatable bonds is 4. The Morgan fingerprint density at radius 1 is 1.28 bits per heavy atom. The van der Waals surface area contributed by atoms with Crippen LogP contribution < -0.4 is 4.74 Å². The maximum absolute atomic E-state index is 13.5. The van der Waals surface area contributed by atoms with E-state index < -0.39 is 0 Å². The van der Waals surface area contributed by atoms with Gasteiger partial charge in [-0.1, -0.05) is 32.9 Å². The highest BCUT2D eigenvalue weighted by Crippen LogP contribution is 2.32. The monoisotopic (exact) mass is 395 g/mol. The number of carbonyl (C=O) groups is 1. The molecule has 0 radical (unpaired) electrons. The summed E-state index contributed by atoms with van der Waals surface area (Å²) in [5.41, 5.74) is 2.53. The molecule has 0 bridgehead atoms. The molecule has 1 aliphatic rings. The van der Waals surface area contributed by atoms with E-state index in [0.717, 1.165) is 18.4 Å². The lowest BCUT2D eigenvalue weighted by Gasteiger charge is -2.23. The second-order valence-electron chi connectivity index (χ2n) is 8.60. The number of aromatic amines is 1. The molecule has 1 aliphatic heterocycles. The topological polar surface area (TPSA) is 58.2 Å². The van der Waals surface area contributed by atoms with Crippen LogP contribution in [0.3, 0.4) is 0 Å². The van der Waals surface area contributed by atoms with Crippen molar-refractivity contribution in [3.05, 3.63) is 59.7 Å². The van der Waals surface area contributed by atoms with Gasteiger partial charge in [0, 0.05) is 6.54 Å². The van der Waals surface area contributed by atoms with E-state index in [1.807, 2.05) is 23.1 Å². The van der Waals surface area contributed by atoms with Gasteiger partial charge in [-0.3, -0.25) is 4.79 Å². The Hall–Kier alpha value is -2.89. The maximum atomic E-state index is 13.5. The van der Waals surface area contributed by atoms with Crippen LogP contribution in [-0.2, 0) is 10.2 Å². The number of hydrogen-bond acceptors (Lipinski definition) is 3. The van der Waals surface area contributed by atoms with Gasteiger partial charge >= 0.3 is 0 Å². The number of benzene rings is 2. The molecule has 1 N–H and O–H groups in total. The van der Waals surface area contributed by atoms with Gasteiger partial charge in [-0.15, -0.1) is 0 Å². The van der Waals surface area contributed by atoms with Crippen LogP contribution in [0.5, 0.6) is 5.75 Å². The Morgan fingerprint density at radius 2 is 2.10 bits per heavy atom.